The predicted molar refractivity (Wildman–Crippen MR) is 147 cm³/mol. The van der Waals surface area contributed by atoms with Gasteiger partial charge in [0.1, 0.15) is 17.9 Å². The van der Waals surface area contributed by atoms with E-state index in [-0.39, 0.29) is 17.0 Å². The number of benzene rings is 3. The zero-order chi connectivity index (χ0) is 29.9. The lowest BCUT2D eigenvalue weighted by Crippen LogP contribution is -2.32. The summed E-state index contributed by atoms with van der Waals surface area (Å²) in [4.78, 5) is 36.0. The number of anilines is 3. The Balaban J connectivity index is 1.58. The zero-order valence-corrected chi connectivity index (χ0v) is 22.7. The van der Waals surface area contributed by atoms with Crippen LogP contribution < -0.4 is 29.7 Å². The topological polar surface area (TPSA) is 115 Å². The van der Waals surface area contributed by atoms with Gasteiger partial charge in [0.05, 0.1) is 32.4 Å². The van der Waals surface area contributed by atoms with E-state index < -0.39 is 23.7 Å². The number of alkyl halides is 3. The van der Waals surface area contributed by atoms with Gasteiger partial charge in [-0.05, 0) is 42.8 Å². The minimum atomic E-state index is -4.63. The molecule has 10 nitrogen and oxygen atoms in total. The molecule has 2 N–H and O–H groups in total. The first kappa shape index (κ1) is 28.9. The third-order valence-corrected chi connectivity index (χ3v) is 6.21. The molecule has 1 aromatic heterocycles. The fourth-order valence-corrected chi connectivity index (χ4v) is 3.99. The van der Waals surface area contributed by atoms with Gasteiger partial charge >= 0.3 is 12.2 Å². The third-order valence-electron chi connectivity index (χ3n) is 6.21. The molecule has 0 atom stereocenters. The number of carbonyl (C=O) groups excluding carboxylic acids is 2. The lowest BCUT2D eigenvalue weighted by molar-refractivity contribution is -0.137. The highest BCUT2D eigenvalue weighted by Gasteiger charge is 2.31. The van der Waals surface area contributed by atoms with E-state index in [1.54, 1.807) is 25.1 Å². The van der Waals surface area contributed by atoms with Gasteiger partial charge in [0.25, 0.3) is 5.91 Å². The normalized spacial score (nSPS) is 11.1. The highest BCUT2D eigenvalue weighted by molar-refractivity contribution is 6.08. The molecule has 4 aromatic rings. The number of nitrogens with zero attached hydrogens (tertiary/aromatic N) is 3. The van der Waals surface area contributed by atoms with Crippen LogP contribution in [0.15, 0.2) is 54.9 Å². The van der Waals surface area contributed by atoms with Crippen LogP contribution in [-0.2, 0) is 6.18 Å². The second kappa shape index (κ2) is 11.6. The number of fused-ring (bicyclic) bond motifs is 1. The smallest absolute Gasteiger partial charge is 0.416 e. The summed E-state index contributed by atoms with van der Waals surface area (Å²) in [5.74, 6) is 0.434. The fourth-order valence-electron chi connectivity index (χ4n) is 3.99. The van der Waals surface area contributed by atoms with Gasteiger partial charge in [-0.15, -0.1) is 0 Å². The van der Waals surface area contributed by atoms with E-state index in [0.29, 0.717) is 39.5 Å². The molecule has 0 aliphatic rings. The summed E-state index contributed by atoms with van der Waals surface area (Å²) in [5, 5.41) is 5.74. The molecule has 4 rings (SSSR count). The molecule has 0 aliphatic heterocycles. The van der Waals surface area contributed by atoms with Gasteiger partial charge in [-0.3, -0.25) is 9.69 Å². The van der Waals surface area contributed by atoms with E-state index in [4.69, 9.17) is 14.2 Å². The number of methoxy groups -OCH3 is 3. The van der Waals surface area contributed by atoms with Crippen LogP contribution in [0.2, 0.25) is 0 Å². The van der Waals surface area contributed by atoms with Crippen molar-refractivity contribution in [1.29, 1.82) is 0 Å². The van der Waals surface area contributed by atoms with Gasteiger partial charge in [-0.25, -0.2) is 14.8 Å². The monoisotopic (exact) mass is 569 g/mol. The largest absolute Gasteiger partial charge is 0.497 e. The maximum atomic E-state index is 13.3. The van der Waals surface area contributed by atoms with E-state index in [0.717, 1.165) is 12.1 Å². The zero-order valence-electron chi connectivity index (χ0n) is 22.7. The number of aryl methyl sites for hydroxylation is 1. The highest BCUT2D eigenvalue weighted by atomic mass is 19.4. The Morgan fingerprint density at radius 2 is 1.59 bits per heavy atom. The Bertz CT molecular complexity index is 1630. The van der Waals surface area contributed by atoms with Crippen LogP contribution in [0.3, 0.4) is 0 Å². The predicted octanol–water partition coefficient (Wildman–Crippen LogP) is 5.90. The number of ether oxygens (including phenoxy) is 3. The maximum absolute atomic E-state index is 13.3. The molecule has 214 valence electrons. The van der Waals surface area contributed by atoms with Gasteiger partial charge in [-0.1, -0.05) is 6.07 Å². The first-order valence-corrected chi connectivity index (χ1v) is 12.0. The molecule has 3 amide bonds. The second-order valence-electron chi connectivity index (χ2n) is 8.84. The molecule has 0 unspecified atom stereocenters. The first-order chi connectivity index (χ1) is 19.4. The Labute approximate surface area is 233 Å². The molecule has 3 aromatic carbocycles. The third kappa shape index (κ3) is 6.24. The fraction of sp³-hybridized carbons (Fsp3) is 0.214. The van der Waals surface area contributed by atoms with E-state index in [1.165, 1.54) is 57.8 Å². The Hall–Kier alpha value is -5.07. The van der Waals surface area contributed by atoms with Crippen LogP contribution >= 0.6 is 0 Å². The molecular formula is C28H26F3N5O5. The molecule has 0 spiro atoms. The molecule has 13 heteroatoms. The quantitative estimate of drug-likeness (QED) is 0.285. The maximum Gasteiger partial charge on any atom is 0.416 e. The van der Waals surface area contributed by atoms with Crippen LogP contribution in [0.5, 0.6) is 17.2 Å². The molecule has 41 heavy (non-hydrogen) atoms. The summed E-state index contributed by atoms with van der Waals surface area (Å²) in [5.41, 5.74) is 0.509. The number of urea groups is 1. The minimum absolute atomic E-state index is 0.0664. The average molecular weight is 570 g/mol. The molecule has 0 saturated carbocycles. The molecule has 0 radical (unpaired) electrons. The average Bonchev–Trinajstić information content (AvgIpc) is 2.95. The van der Waals surface area contributed by atoms with Crippen LogP contribution in [0.4, 0.5) is 35.2 Å². The summed E-state index contributed by atoms with van der Waals surface area (Å²) in [6.07, 6.45) is -3.32. The lowest BCUT2D eigenvalue weighted by atomic mass is 10.1. The number of halogens is 3. The lowest BCUT2D eigenvalue weighted by Gasteiger charge is -2.20. The molecule has 0 fully saturated rings. The summed E-state index contributed by atoms with van der Waals surface area (Å²) in [7, 11) is 5.73. The number of rotatable bonds is 7. The molecular weight excluding hydrogens is 543 g/mol. The van der Waals surface area contributed by atoms with Gasteiger partial charge in [-0.2, -0.15) is 13.2 Å². The van der Waals surface area contributed by atoms with E-state index in [2.05, 4.69) is 20.6 Å². The van der Waals surface area contributed by atoms with Crippen LogP contribution in [-0.4, -0.2) is 50.3 Å². The van der Waals surface area contributed by atoms with Crippen molar-refractivity contribution in [3.05, 3.63) is 71.5 Å². The summed E-state index contributed by atoms with van der Waals surface area (Å²) in [6, 6.07) is 10.2. The van der Waals surface area contributed by atoms with Crippen LogP contribution in [0.25, 0.3) is 10.9 Å². The van der Waals surface area contributed by atoms with Crippen molar-refractivity contribution in [3.8, 4) is 17.2 Å². The van der Waals surface area contributed by atoms with Crippen molar-refractivity contribution in [2.24, 2.45) is 0 Å². The van der Waals surface area contributed by atoms with Crippen molar-refractivity contribution in [2.45, 2.75) is 13.1 Å². The van der Waals surface area contributed by atoms with Gasteiger partial charge in [0.15, 0.2) is 11.5 Å². The number of nitrogens with one attached hydrogen (secondary N) is 2. The van der Waals surface area contributed by atoms with Crippen molar-refractivity contribution >= 4 is 40.0 Å². The van der Waals surface area contributed by atoms with Gasteiger partial charge in [0, 0.05) is 41.5 Å². The Morgan fingerprint density at radius 1 is 0.878 bits per heavy atom. The number of hydrogen-bond donors (Lipinski definition) is 2. The second-order valence-corrected chi connectivity index (χ2v) is 8.84. The standard InChI is InChI=1S/C28H26F3N5O5/c1-15-6-7-16(26(37)34-18-9-17(28(29,30)31)10-19(11-18)39-3)8-21(15)35-27(38)36(2)25-20-12-23(40-4)24(41-5)13-22(20)32-14-33-25/h6-14H,1-5H3,(H,34,37)(H,35,38). The van der Waals surface area contributed by atoms with E-state index in [9.17, 15) is 22.8 Å². The molecule has 0 bridgehead atoms. The number of amides is 3. The van der Waals surface area contributed by atoms with Crippen molar-refractivity contribution < 1.29 is 37.0 Å². The van der Waals surface area contributed by atoms with E-state index >= 15 is 0 Å². The summed E-state index contributed by atoms with van der Waals surface area (Å²) < 4.78 is 55.5. The SMILES string of the molecule is COc1cc(NC(=O)c2ccc(C)c(NC(=O)N(C)c3ncnc4cc(OC)c(OC)cc34)c2)cc(C(F)(F)F)c1. The van der Waals surface area contributed by atoms with Crippen molar-refractivity contribution in [1.82, 2.24) is 9.97 Å². The summed E-state index contributed by atoms with van der Waals surface area (Å²) in [6.45, 7) is 1.73. The Kier molecular flexibility index (Phi) is 8.17. The van der Waals surface area contributed by atoms with E-state index in [1.807, 2.05) is 0 Å². The number of hydrogen-bond acceptors (Lipinski definition) is 7. The van der Waals surface area contributed by atoms with Gasteiger partial charge < -0.3 is 24.8 Å². The van der Waals surface area contributed by atoms with Crippen molar-refractivity contribution in [2.75, 3.05) is 43.9 Å². The van der Waals surface area contributed by atoms with Crippen LogP contribution in [0, 0.1) is 6.92 Å². The number of carbonyl (C=O) groups is 2. The molecule has 1 heterocycles. The summed E-state index contributed by atoms with van der Waals surface area (Å²) >= 11 is 0. The molecule has 0 saturated heterocycles. The highest BCUT2D eigenvalue weighted by Crippen LogP contribution is 2.36. The number of aromatic nitrogens is 2. The van der Waals surface area contributed by atoms with Gasteiger partial charge in [0.2, 0.25) is 0 Å². The van der Waals surface area contributed by atoms with Crippen molar-refractivity contribution in [3.63, 3.8) is 0 Å². The first-order valence-electron chi connectivity index (χ1n) is 12.0. The Morgan fingerprint density at radius 3 is 2.24 bits per heavy atom. The minimum Gasteiger partial charge on any atom is -0.497 e. The molecule has 0 aliphatic carbocycles. The van der Waals surface area contributed by atoms with Crippen LogP contribution in [0.1, 0.15) is 21.5 Å².